The lowest BCUT2D eigenvalue weighted by atomic mass is 10.1. The van der Waals surface area contributed by atoms with Gasteiger partial charge in [0.25, 0.3) is 0 Å². The van der Waals surface area contributed by atoms with Gasteiger partial charge < -0.3 is 10.8 Å². The minimum atomic E-state index is -0.265. The first-order valence-electron chi connectivity index (χ1n) is 3.94. The molecule has 0 bridgehead atoms. The molecule has 2 nitrogen and oxygen atoms in total. The van der Waals surface area contributed by atoms with Crippen LogP contribution in [0.1, 0.15) is 5.56 Å². The van der Waals surface area contributed by atoms with Gasteiger partial charge in [-0.1, -0.05) is 29.3 Å². The highest BCUT2D eigenvalue weighted by Gasteiger charge is 2.06. The average molecular weight is 220 g/mol. The van der Waals surface area contributed by atoms with Crippen molar-refractivity contribution < 1.29 is 5.11 Å². The third-order valence-electron chi connectivity index (χ3n) is 1.73. The highest BCUT2D eigenvalue weighted by molar-refractivity contribution is 6.35. The first-order valence-corrected chi connectivity index (χ1v) is 4.69. The van der Waals surface area contributed by atoms with E-state index in [4.69, 9.17) is 34.0 Å². The molecule has 1 aromatic rings. The summed E-state index contributed by atoms with van der Waals surface area (Å²) >= 11 is 11.6. The van der Waals surface area contributed by atoms with Crippen LogP contribution in [0.2, 0.25) is 10.0 Å². The van der Waals surface area contributed by atoms with E-state index in [1.54, 1.807) is 12.1 Å². The molecule has 0 heterocycles. The molecule has 1 rings (SSSR count). The second-order valence-corrected chi connectivity index (χ2v) is 3.73. The van der Waals surface area contributed by atoms with Gasteiger partial charge in [0.15, 0.2) is 0 Å². The van der Waals surface area contributed by atoms with Gasteiger partial charge in [0, 0.05) is 16.1 Å². The van der Waals surface area contributed by atoms with Gasteiger partial charge in [0.2, 0.25) is 0 Å². The number of aliphatic hydroxyl groups excluding tert-OH is 1. The van der Waals surface area contributed by atoms with Crippen LogP contribution in [0.5, 0.6) is 0 Å². The lowest BCUT2D eigenvalue weighted by Gasteiger charge is -2.09. The fourth-order valence-corrected chi connectivity index (χ4v) is 1.52. The molecule has 0 aromatic heterocycles. The third-order valence-corrected chi connectivity index (χ3v) is 2.32. The largest absolute Gasteiger partial charge is 0.395 e. The van der Waals surface area contributed by atoms with Crippen molar-refractivity contribution in [1.29, 1.82) is 0 Å². The summed E-state index contributed by atoms with van der Waals surface area (Å²) < 4.78 is 0. The summed E-state index contributed by atoms with van der Waals surface area (Å²) in [5, 5.41) is 9.94. The lowest BCUT2D eigenvalue weighted by molar-refractivity contribution is 0.265. The number of hydrogen-bond donors (Lipinski definition) is 2. The highest BCUT2D eigenvalue weighted by Crippen LogP contribution is 2.21. The van der Waals surface area contributed by atoms with Crippen LogP contribution < -0.4 is 5.73 Å². The fourth-order valence-electron chi connectivity index (χ4n) is 1.03. The van der Waals surface area contributed by atoms with E-state index in [9.17, 15) is 0 Å². The van der Waals surface area contributed by atoms with Crippen molar-refractivity contribution in [2.24, 2.45) is 5.73 Å². The molecule has 1 atom stereocenters. The van der Waals surface area contributed by atoms with Crippen molar-refractivity contribution in [3.63, 3.8) is 0 Å². The molecular weight excluding hydrogens is 209 g/mol. The summed E-state index contributed by atoms with van der Waals surface area (Å²) in [4.78, 5) is 0. The summed E-state index contributed by atoms with van der Waals surface area (Å²) in [5.41, 5.74) is 6.48. The molecule has 0 saturated heterocycles. The van der Waals surface area contributed by atoms with E-state index < -0.39 is 0 Å². The Hall–Kier alpha value is -0.280. The minimum absolute atomic E-state index is 0.0427. The van der Waals surface area contributed by atoms with Gasteiger partial charge in [0.05, 0.1) is 6.61 Å². The molecule has 0 unspecified atom stereocenters. The van der Waals surface area contributed by atoms with Crippen LogP contribution in [0.4, 0.5) is 0 Å². The maximum Gasteiger partial charge on any atom is 0.0585 e. The number of benzene rings is 1. The SMILES string of the molecule is N[C@H](CO)Cc1ccc(Cl)cc1Cl. The zero-order valence-corrected chi connectivity index (χ0v) is 8.52. The monoisotopic (exact) mass is 219 g/mol. The highest BCUT2D eigenvalue weighted by atomic mass is 35.5. The molecule has 3 N–H and O–H groups in total. The van der Waals surface area contributed by atoms with Crippen molar-refractivity contribution in [2.75, 3.05) is 6.61 Å². The maximum absolute atomic E-state index is 8.75. The van der Waals surface area contributed by atoms with Crippen LogP contribution in [0.15, 0.2) is 18.2 Å². The normalized spacial score (nSPS) is 12.9. The molecule has 0 spiro atoms. The Kier molecular flexibility index (Phi) is 4.00. The van der Waals surface area contributed by atoms with Gasteiger partial charge in [-0.15, -0.1) is 0 Å². The molecule has 0 aliphatic carbocycles. The van der Waals surface area contributed by atoms with E-state index in [0.29, 0.717) is 16.5 Å². The molecule has 0 aliphatic heterocycles. The molecule has 4 heteroatoms. The van der Waals surface area contributed by atoms with Crippen molar-refractivity contribution >= 4 is 23.2 Å². The van der Waals surface area contributed by atoms with E-state index >= 15 is 0 Å². The topological polar surface area (TPSA) is 46.2 Å². The Balaban J connectivity index is 2.77. The van der Waals surface area contributed by atoms with Crippen LogP contribution in [0.3, 0.4) is 0 Å². The predicted octanol–water partition coefficient (Wildman–Crippen LogP) is 1.86. The Morgan fingerprint density at radius 1 is 1.38 bits per heavy atom. The minimum Gasteiger partial charge on any atom is -0.395 e. The Bertz CT molecular complexity index is 291. The lowest BCUT2D eigenvalue weighted by Crippen LogP contribution is -2.26. The maximum atomic E-state index is 8.75. The molecule has 0 radical (unpaired) electrons. The van der Waals surface area contributed by atoms with E-state index in [-0.39, 0.29) is 12.6 Å². The van der Waals surface area contributed by atoms with Crippen LogP contribution in [0.25, 0.3) is 0 Å². The molecule has 0 fully saturated rings. The molecule has 0 aliphatic rings. The number of hydrogen-bond acceptors (Lipinski definition) is 2. The molecule has 72 valence electrons. The van der Waals surface area contributed by atoms with Gasteiger partial charge in [-0.25, -0.2) is 0 Å². The smallest absolute Gasteiger partial charge is 0.0585 e. The van der Waals surface area contributed by atoms with Gasteiger partial charge in [-0.05, 0) is 24.1 Å². The number of nitrogens with two attached hydrogens (primary N) is 1. The van der Waals surface area contributed by atoms with Crippen LogP contribution >= 0.6 is 23.2 Å². The van der Waals surface area contributed by atoms with E-state index in [2.05, 4.69) is 0 Å². The number of halogens is 2. The zero-order chi connectivity index (χ0) is 9.84. The van der Waals surface area contributed by atoms with Crippen molar-refractivity contribution in [3.05, 3.63) is 33.8 Å². The van der Waals surface area contributed by atoms with Gasteiger partial charge >= 0.3 is 0 Å². The summed E-state index contributed by atoms with van der Waals surface area (Å²) in [7, 11) is 0. The van der Waals surface area contributed by atoms with Gasteiger partial charge in [-0.3, -0.25) is 0 Å². The first kappa shape index (κ1) is 10.8. The van der Waals surface area contributed by atoms with E-state index in [1.165, 1.54) is 0 Å². The molecule has 13 heavy (non-hydrogen) atoms. The molecule has 1 aromatic carbocycles. The molecule has 0 saturated carbocycles. The standard InChI is InChI=1S/C9H11Cl2NO/c10-7-2-1-6(9(11)4-7)3-8(12)5-13/h1-2,4,8,13H,3,5,12H2/t8-/m0/s1. The number of rotatable bonds is 3. The van der Waals surface area contributed by atoms with Gasteiger partial charge in [-0.2, -0.15) is 0 Å². The fraction of sp³-hybridized carbons (Fsp3) is 0.333. The summed E-state index contributed by atoms with van der Waals surface area (Å²) in [6.07, 6.45) is 0.562. The van der Waals surface area contributed by atoms with Gasteiger partial charge in [0.1, 0.15) is 0 Å². The quantitative estimate of drug-likeness (QED) is 0.816. The van der Waals surface area contributed by atoms with Crippen LogP contribution in [-0.4, -0.2) is 17.8 Å². The Labute approximate surface area is 87.3 Å². The second kappa shape index (κ2) is 4.82. The Morgan fingerprint density at radius 3 is 2.62 bits per heavy atom. The summed E-state index contributed by atoms with van der Waals surface area (Å²) in [6.45, 7) is -0.0427. The molecule has 0 amide bonds. The Morgan fingerprint density at radius 2 is 2.08 bits per heavy atom. The number of aliphatic hydroxyl groups is 1. The van der Waals surface area contributed by atoms with E-state index in [1.807, 2.05) is 6.07 Å². The van der Waals surface area contributed by atoms with Crippen LogP contribution in [0, 0.1) is 0 Å². The molecular formula is C9H11Cl2NO. The first-order chi connectivity index (χ1) is 6.13. The zero-order valence-electron chi connectivity index (χ0n) is 7.00. The summed E-state index contributed by atoms with van der Waals surface area (Å²) in [5.74, 6) is 0. The van der Waals surface area contributed by atoms with Crippen molar-refractivity contribution in [1.82, 2.24) is 0 Å². The third kappa shape index (κ3) is 3.16. The van der Waals surface area contributed by atoms with E-state index in [0.717, 1.165) is 5.56 Å². The average Bonchev–Trinajstić information content (AvgIpc) is 2.09. The van der Waals surface area contributed by atoms with Crippen molar-refractivity contribution in [2.45, 2.75) is 12.5 Å². The predicted molar refractivity (Wildman–Crippen MR) is 55.2 cm³/mol. The van der Waals surface area contributed by atoms with Crippen LogP contribution in [-0.2, 0) is 6.42 Å². The van der Waals surface area contributed by atoms with Crippen molar-refractivity contribution in [3.8, 4) is 0 Å². The second-order valence-electron chi connectivity index (χ2n) is 2.88. The summed E-state index contributed by atoms with van der Waals surface area (Å²) in [6, 6.07) is 4.98.